The Labute approximate surface area is 118 Å². The lowest BCUT2D eigenvalue weighted by Crippen LogP contribution is -2.28. The second kappa shape index (κ2) is 4.90. The summed E-state index contributed by atoms with van der Waals surface area (Å²) in [6, 6.07) is 16.2. The van der Waals surface area contributed by atoms with Crippen LogP contribution in [-0.2, 0) is 6.54 Å². The lowest BCUT2D eigenvalue weighted by molar-refractivity contribution is 0.511. The molecule has 0 atom stereocenters. The summed E-state index contributed by atoms with van der Waals surface area (Å²) in [6.07, 6.45) is 0. The number of nitrogens with two attached hydrogens (primary N) is 2. The van der Waals surface area contributed by atoms with E-state index in [-0.39, 0.29) is 0 Å². The number of anilines is 1. The fraction of sp³-hybridized carbons (Fsp3) is 0.125. The normalized spacial score (nSPS) is 17.3. The van der Waals surface area contributed by atoms with Crippen molar-refractivity contribution in [1.29, 1.82) is 0 Å². The molecule has 0 fully saturated rings. The van der Waals surface area contributed by atoms with E-state index in [1.165, 1.54) is 5.56 Å². The standard InChI is InChI=1S/C16H18N4/c1-20(18)16-12-7-3-2-6-11(12)10-19-14-9-5-4-8-13(14)15(16)17/h2-9,19H,10,17-18H2,1H3/b16-15-. The van der Waals surface area contributed by atoms with E-state index in [0.29, 0.717) is 5.70 Å². The van der Waals surface area contributed by atoms with Gasteiger partial charge in [-0.3, -0.25) is 0 Å². The van der Waals surface area contributed by atoms with Crippen LogP contribution in [0.15, 0.2) is 48.5 Å². The molecule has 0 saturated heterocycles. The van der Waals surface area contributed by atoms with Crippen LogP contribution < -0.4 is 16.9 Å². The quantitative estimate of drug-likeness (QED) is 0.547. The summed E-state index contributed by atoms with van der Waals surface area (Å²) < 4.78 is 0. The molecule has 1 aliphatic rings. The van der Waals surface area contributed by atoms with Crippen molar-refractivity contribution < 1.29 is 0 Å². The van der Waals surface area contributed by atoms with Gasteiger partial charge in [0.2, 0.25) is 0 Å². The number of para-hydroxylation sites is 1. The molecule has 2 aromatic carbocycles. The molecular formula is C16H18N4. The van der Waals surface area contributed by atoms with E-state index in [4.69, 9.17) is 11.6 Å². The Balaban J connectivity index is 2.31. The number of hydrogen-bond acceptors (Lipinski definition) is 4. The van der Waals surface area contributed by atoms with Crippen LogP contribution in [0.4, 0.5) is 5.69 Å². The van der Waals surface area contributed by atoms with Gasteiger partial charge in [0.05, 0.1) is 11.4 Å². The third-order valence-electron chi connectivity index (χ3n) is 3.57. The number of hydrogen-bond donors (Lipinski definition) is 3. The van der Waals surface area contributed by atoms with Gasteiger partial charge in [0.25, 0.3) is 0 Å². The van der Waals surface area contributed by atoms with Crippen LogP contribution in [-0.4, -0.2) is 12.1 Å². The summed E-state index contributed by atoms with van der Waals surface area (Å²) in [6.45, 7) is 0.748. The Hall–Kier alpha value is -2.46. The predicted octanol–water partition coefficient (Wildman–Crippen LogP) is 2.20. The van der Waals surface area contributed by atoms with E-state index in [1.54, 1.807) is 5.01 Å². The van der Waals surface area contributed by atoms with Gasteiger partial charge in [0.15, 0.2) is 0 Å². The van der Waals surface area contributed by atoms with Crippen molar-refractivity contribution in [2.24, 2.45) is 11.6 Å². The summed E-state index contributed by atoms with van der Waals surface area (Å²) in [5, 5.41) is 5.03. The molecule has 0 unspecified atom stereocenters. The average Bonchev–Trinajstić information content (AvgIpc) is 2.45. The third-order valence-corrected chi connectivity index (χ3v) is 3.57. The predicted molar refractivity (Wildman–Crippen MR) is 83.2 cm³/mol. The summed E-state index contributed by atoms with van der Waals surface area (Å²) in [5.41, 5.74) is 12.2. The average molecular weight is 266 g/mol. The minimum Gasteiger partial charge on any atom is -0.396 e. The van der Waals surface area contributed by atoms with Gasteiger partial charge >= 0.3 is 0 Å². The van der Waals surface area contributed by atoms with Crippen LogP contribution in [0.3, 0.4) is 0 Å². The van der Waals surface area contributed by atoms with Gasteiger partial charge < -0.3 is 16.1 Å². The van der Waals surface area contributed by atoms with Crippen molar-refractivity contribution >= 4 is 17.1 Å². The first-order valence-electron chi connectivity index (χ1n) is 6.58. The SMILES string of the molecule is CN(N)/C1=C(\N)c2ccccc2NCc2ccccc21. The molecule has 20 heavy (non-hydrogen) atoms. The molecule has 4 nitrogen and oxygen atoms in total. The highest BCUT2D eigenvalue weighted by molar-refractivity contribution is 5.93. The monoisotopic (exact) mass is 266 g/mol. The van der Waals surface area contributed by atoms with Gasteiger partial charge in [-0.25, -0.2) is 5.84 Å². The zero-order chi connectivity index (χ0) is 14.1. The number of fused-ring (bicyclic) bond motifs is 2. The number of nitrogens with one attached hydrogen (secondary N) is 1. The molecule has 0 aromatic heterocycles. The van der Waals surface area contributed by atoms with Crippen LogP contribution in [0, 0.1) is 0 Å². The Morgan fingerprint density at radius 3 is 2.40 bits per heavy atom. The zero-order valence-corrected chi connectivity index (χ0v) is 11.4. The molecule has 0 radical (unpaired) electrons. The highest BCUT2D eigenvalue weighted by atomic mass is 15.4. The smallest absolute Gasteiger partial charge is 0.0826 e. The van der Waals surface area contributed by atoms with Crippen LogP contribution in [0.1, 0.15) is 16.7 Å². The fourth-order valence-electron chi connectivity index (χ4n) is 2.62. The fourth-order valence-corrected chi connectivity index (χ4v) is 2.62. The Morgan fingerprint density at radius 1 is 1.00 bits per heavy atom. The van der Waals surface area contributed by atoms with E-state index < -0.39 is 0 Å². The van der Waals surface area contributed by atoms with Gasteiger partial charge in [0.1, 0.15) is 0 Å². The van der Waals surface area contributed by atoms with Crippen molar-refractivity contribution in [3.8, 4) is 0 Å². The van der Waals surface area contributed by atoms with Gasteiger partial charge in [-0.1, -0.05) is 42.5 Å². The second-order valence-corrected chi connectivity index (χ2v) is 4.93. The molecular weight excluding hydrogens is 248 g/mol. The highest BCUT2D eigenvalue weighted by Crippen LogP contribution is 2.32. The molecule has 102 valence electrons. The molecule has 1 heterocycles. The molecule has 0 spiro atoms. The Kier molecular flexibility index (Phi) is 3.08. The van der Waals surface area contributed by atoms with Gasteiger partial charge in [-0.2, -0.15) is 0 Å². The Morgan fingerprint density at radius 2 is 1.65 bits per heavy atom. The third kappa shape index (κ3) is 2.00. The van der Waals surface area contributed by atoms with E-state index in [1.807, 2.05) is 43.4 Å². The summed E-state index contributed by atoms with van der Waals surface area (Å²) in [5.74, 6) is 6.03. The molecule has 0 amide bonds. The summed E-state index contributed by atoms with van der Waals surface area (Å²) in [4.78, 5) is 0. The first-order valence-corrected chi connectivity index (χ1v) is 6.58. The van der Waals surface area contributed by atoms with Crippen molar-refractivity contribution in [3.05, 3.63) is 65.2 Å². The van der Waals surface area contributed by atoms with Crippen molar-refractivity contribution in [2.45, 2.75) is 6.54 Å². The Bertz CT molecular complexity index is 674. The molecule has 5 N–H and O–H groups in total. The van der Waals surface area contributed by atoms with Crippen LogP contribution in [0.2, 0.25) is 0 Å². The molecule has 2 aromatic rings. The lowest BCUT2D eigenvalue weighted by atomic mass is 9.97. The minimum absolute atomic E-state index is 0.685. The van der Waals surface area contributed by atoms with E-state index in [2.05, 4.69) is 17.4 Å². The zero-order valence-electron chi connectivity index (χ0n) is 11.4. The van der Waals surface area contributed by atoms with E-state index >= 15 is 0 Å². The van der Waals surface area contributed by atoms with Crippen LogP contribution >= 0.6 is 0 Å². The van der Waals surface area contributed by atoms with Gasteiger partial charge in [-0.15, -0.1) is 0 Å². The number of benzene rings is 2. The topological polar surface area (TPSA) is 67.3 Å². The maximum absolute atomic E-state index is 6.39. The number of rotatable bonds is 1. The molecule has 1 aliphatic heterocycles. The highest BCUT2D eigenvalue weighted by Gasteiger charge is 2.19. The number of nitrogens with zero attached hydrogens (tertiary/aromatic N) is 1. The minimum atomic E-state index is 0.685. The molecule has 4 heteroatoms. The van der Waals surface area contributed by atoms with Crippen molar-refractivity contribution in [2.75, 3.05) is 12.4 Å². The lowest BCUT2D eigenvalue weighted by Gasteiger charge is -2.26. The first kappa shape index (κ1) is 12.6. The largest absolute Gasteiger partial charge is 0.396 e. The second-order valence-electron chi connectivity index (χ2n) is 4.93. The van der Waals surface area contributed by atoms with Crippen molar-refractivity contribution in [1.82, 2.24) is 5.01 Å². The molecule has 0 saturated carbocycles. The van der Waals surface area contributed by atoms with E-state index in [9.17, 15) is 0 Å². The summed E-state index contributed by atoms with van der Waals surface area (Å²) >= 11 is 0. The van der Waals surface area contributed by atoms with Gasteiger partial charge in [-0.05, 0) is 11.6 Å². The van der Waals surface area contributed by atoms with Crippen LogP contribution in [0.25, 0.3) is 11.4 Å². The molecule has 3 rings (SSSR count). The number of hydrazine groups is 1. The maximum atomic E-state index is 6.39. The van der Waals surface area contributed by atoms with Gasteiger partial charge in [0, 0.05) is 30.4 Å². The maximum Gasteiger partial charge on any atom is 0.0826 e. The molecule has 0 aliphatic carbocycles. The molecule has 0 bridgehead atoms. The van der Waals surface area contributed by atoms with Crippen LogP contribution in [0.5, 0.6) is 0 Å². The van der Waals surface area contributed by atoms with Crippen molar-refractivity contribution in [3.63, 3.8) is 0 Å². The summed E-state index contributed by atoms with van der Waals surface area (Å²) in [7, 11) is 1.82. The van der Waals surface area contributed by atoms with E-state index in [0.717, 1.165) is 29.1 Å². The first-order chi connectivity index (χ1) is 9.68.